The minimum absolute atomic E-state index is 0.0623. The Hall–Kier alpha value is -1.56. The lowest BCUT2D eigenvalue weighted by Crippen LogP contribution is -2.60. The number of carbonyl (C=O) groups excluding carboxylic acids is 2. The van der Waals surface area contributed by atoms with Crippen molar-refractivity contribution in [2.75, 3.05) is 13.7 Å². The molecule has 1 aliphatic carbocycles. The minimum atomic E-state index is -1.59. The first-order valence-corrected chi connectivity index (χ1v) is 8.72. The SMILES string of the molecule is COC(=O)C1=COC(O[C@@H]2O[C@H](CO)[C@@H](O)[C@@H](O)[C@H]2O)C2C(C)C(=O)CC12. The summed E-state index contributed by atoms with van der Waals surface area (Å²) >= 11 is 0. The van der Waals surface area contributed by atoms with Gasteiger partial charge in [0, 0.05) is 24.2 Å². The van der Waals surface area contributed by atoms with E-state index in [1.807, 2.05) is 0 Å². The van der Waals surface area contributed by atoms with Crippen molar-refractivity contribution in [2.24, 2.45) is 17.8 Å². The van der Waals surface area contributed by atoms with Crippen molar-refractivity contribution >= 4 is 11.8 Å². The number of hydrogen-bond acceptors (Lipinski definition) is 10. The van der Waals surface area contributed by atoms with Gasteiger partial charge in [-0.05, 0) is 0 Å². The van der Waals surface area contributed by atoms with Gasteiger partial charge in [-0.1, -0.05) is 6.92 Å². The largest absolute Gasteiger partial charge is 0.472 e. The molecule has 0 aromatic carbocycles. The third-order valence-electron chi connectivity index (χ3n) is 5.55. The fourth-order valence-corrected chi connectivity index (χ4v) is 3.92. The van der Waals surface area contributed by atoms with E-state index in [0.717, 1.165) is 0 Å². The molecule has 3 aliphatic rings. The molecule has 2 heterocycles. The average Bonchev–Trinajstić information content (AvgIpc) is 2.96. The van der Waals surface area contributed by atoms with Gasteiger partial charge in [0.1, 0.15) is 30.2 Å². The van der Waals surface area contributed by atoms with Crippen LogP contribution in [0.5, 0.6) is 0 Å². The van der Waals surface area contributed by atoms with Crippen LogP contribution >= 0.6 is 0 Å². The maximum atomic E-state index is 12.2. The summed E-state index contributed by atoms with van der Waals surface area (Å²) < 4.78 is 21.2. The van der Waals surface area contributed by atoms with E-state index >= 15 is 0 Å². The summed E-state index contributed by atoms with van der Waals surface area (Å²) in [4.78, 5) is 24.2. The van der Waals surface area contributed by atoms with E-state index in [0.29, 0.717) is 0 Å². The normalized spacial score (nSPS) is 44.3. The molecule has 0 aromatic heterocycles. The molecule has 4 N–H and O–H groups in total. The van der Waals surface area contributed by atoms with Gasteiger partial charge >= 0.3 is 5.97 Å². The average molecular weight is 388 g/mol. The number of carbonyl (C=O) groups is 2. The molecular weight excluding hydrogens is 364 g/mol. The number of methoxy groups -OCH3 is 1. The first-order chi connectivity index (χ1) is 12.8. The third kappa shape index (κ3) is 3.48. The predicted octanol–water partition coefficient (Wildman–Crippen LogP) is -1.94. The van der Waals surface area contributed by atoms with Crippen molar-refractivity contribution in [3.63, 3.8) is 0 Å². The highest BCUT2D eigenvalue weighted by Crippen LogP contribution is 2.45. The fourth-order valence-electron chi connectivity index (χ4n) is 3.92. The predicted molar refractivity (Wildman–Crippen MR) is 85.6 cm³/mol. The summed E-state index contributed by atoms with van der Waals surface area (Å²) in [7, 11) is 1.23. The Bertz CT molecular complexity index is 617. The Labute approximate surface area is 155 Å². The highest BCUT2D eigenvalue weighted by Gasteiger charge is 2.53. The van der Waals surface area contributed by atoms with Crippen LogP contribution in [-0.2, 0) is 28.5 Å². The van der Waals surface area contributed by atoms with Crippen LogP contribution in [0.15, 0.2) is 11.8 Å². The molecule has 152 valence electrons. The van der Waals surface area contributed by atoms with Gasteiger partial charge in [-0.3, -0.25) is 4.79 Å². The number of fused-ring (bicyclic) bond motifs is 1. The smallest absolute Gasteiger partial charge is 0.337 e. The second-order valence-corrected chi connectivity index (χ2v) is 7.05. The topological polar surface area (TPSA) is 152 Å². The number of Topliss-reactive ketones (excluding diaryl/α,β-unsaturated/α-hetero) is 1. The molecular formula is C17H24O10. The van der Waals surface area contributed by atoms with Crippen molar-refractivity contribution in [3.05, 3.63) is 11.8 Å². The number of ketones is 1. The van der Waals surface area contributed by atoms with Crippen LogP contribution in [0.1, 0.15) is 13.3 Å². The van der Waals surface area contributed by atoms with Crippen LogP contribution < -0.4 is 0 Å². The van der Waals surface area contributed by atoms with Crippen LogP contribution in [0.2, 0.25) is 0 Å². The van der Waals surface area contributed by atoms with Crippen molar-refractivity contribution in [2.45, 2.75) is 50.3 Å². The van der Waals surface area contributed by atoms with Gasteiger partial charge < -0.3 is 39.4 Å². The molecule has 4 unspecified atom stereocenters. The highest BCUT2D eigenvalue weighted by molar-refractivity contribution is 5.92. The first kappa shape index (κ1) is 20.2. The van der Waals surface area contributed by atoms with Gasteiger partial charge in [-0.15, -0.1) is 0 Å². The monoisotopic (exact) mass is 388 g/mol. The van der Waals surface area contributed by atoms with Gasteiger partial charge in [0.05, 0.1) is 25.6 Å². The lowest BCUT2D eigenvalue weighted by atomic mass is 9.83. The van der Waals surface area contributed by atoms with Crippen LogP contribution in [0, 0.1) is 17.8 Å². The summed E-state index contributed by atoms with van der Waals surface area (Å²) in [6, 6.07) is 0. The molecule has 2 fully saturated rings. The molecule has 0 spiro atoms. The van der Waals surface area contributed by atoms with Crippen molar-refractivity contribution in [3.8, 4) is 0 Å². The number of aliphatic hydroxyl groups excluding tert-OH is 4. The lowest BCUT2D eigenvalue weighted by Gasteiger charge is -2.42. The maximum absolute atomic E-state index is 12.2. The molecule has 1 saturated carbocycles. The molecule has 0 amide bonds. The molecule has 1 saturated heterocycles. The van der Waals surface area contributed by atoms with E-state index in [1.165, 1.54) is 13.4 Å². The zero-order valence-corrected chi connectivity index (χ0v) is 14.9. The molecule has 10 heteroatoms. The Morgan fingerprint density at radius 3 is 2.56 bits per heavy atom. The number of ether oxygens (including phenoxy) is 4. The maximum Gasteiger partial charge on any atom is 0.337 e. The summed E-state index contributed by atoms with van der Waals surface area (Å²) in [6.07, 6.45) is -6.96. The molecule has 2 aliphatic heterocycles. The lowest BCUT2D eigenvalue weighted by molar-refractivity contribution is -0.342. The van der Waals surface area contributed by atoms with Gasteiger partial charge in [0.2, 0.25) is 6.29 Å². The standard InChI is InChI=1S/C17H24O10/c1-6-9(19)3-7-8(15(23)24-2)5-25-16(11(6)7)27-17-14(22)13(21)12(20)10(4-18)26-17/h5-7,10-14,16-18,20-22H,3-4H2,1-2H3/t6?,7?,10-,11?,12-,13-,14-,16?,17+/m1/s1. The van der Waals surface area contributed by atoms with Crippen molar-refractivity contribution < 1.29 is 49.0 Å². The van der Waals surface area contributed by atoms with E-state index in [2.05, 4.69) is 0 Å². The quantitative estimate of drug-likeness (QED) is 0.400. The van der Waals surface area contributed by atoms with Gasteiger partial charge in [-0.2, -0.15) is 0 Å². The van der Waals surface area contributed by atoms with Gasteiger partial charge in [-0.25, -0.2) is 4.79 Å². The molecule has 27 heavy (non-hydrogen) atoms. The van der Waals surface area contributed by atoms with E-state index in [9.17, 15) is 30.0 Å². The second-order valence-electron chi connectivity index (χ2n) is 7.05. The molecule has 0 radical (unpaired) electrons. The highest BCUT2D eigenvalue weighted by atomic mass is 16.8. The Morgan fingerprint density at radius 1 is 1.22 bits per heavy atom. The second kappa shape index (κ2) is 7.82. The summed E-state index contributed by atoms with van der Waals surface area (Å²) in [5.74, 6) is -2.13. The number of rotatable bonds is 4. The van der Waals surface area contributed by atoms with Crippen LogP contribution in [0.3, 0.4) is 0 Å². The molecule has 3 rings (SSSR count). The van der Waals surface area contributed by atoms with E-state index in [4.69, 9.17) is 18.9 Å². The summed E-state index contributed by atoms with van der Waals surface area (Å²) in [5.41, 5.74) is 0.230. The molecule has 9 atom stereocenters. The van der Waals surface area contributed by atoms with Gasteiger partial charge in [0.15, 0.2) is 6.29 Å². The van der Waals surface area contributed by atoms with E-state index in [-0.39, 0.29) is 17.8 Å². The molecule has 0 bridgehead atoms. The third-order valence-corrected chi connectivity index (χ3v) is 5.55. The number of hydrogen-bond donors (Lipinski definition) is 4. The fraction of sp³-hybridized carbons (Fsp3) is 0.765. The number of esters is 1. The van der Waals surface area contributed by atoms with E-state index < -0.39 is 67.3 Å². The first-order valence-electron chi connectivity index (χ1n) is 8.72. The number of aliphatic hydroxyl groups is 4. The van der Waals surface area contributed by atoms with Gasteiger partial charge in [0.25, 0.3) is 0 Å². The Balaban J connectivity index is 1.81. The zero-order valence-electron chi connectivity index (χ0n) is 14.9. The van der Waals surface area contributed by atoms with Crippen LogP contribution in [0.25, 0.3) is 0 Å². The van der Waals surface area contributed by atoms with Crippen LogP contribution in [-0.4, -0.2) is 82.9 Å². The van der Waals surface area contributed by atoms with Crippen molar-refractivity contribution in [1.29, 1.82) is 0 Å². The minimum Gasteiger partial charge on any atom is -0.472 e. The van der Waals surface area contributed by atoms with Crippen LogP contribution in [0.4, 0.5) is 0 Å². The molecule has 10 nitrogen and oxygen atoms in total. The summed E-state index contributed by atoms with van der Waals surface area (Å²) in [6.45, 7) is 1.10. The Kier molecular flexibility index (Phi) is 5.84. The Morgan fingerprint density at radius 2 is 1.93 bits per heavy atom. The summed E-state index contributed by atoms with van der Waals surface area (Å²) in [5, 5.41) is 39.1. The van der Waals surface area contributed by atoms with E-state index in [1.54, 1.807) is 6.92 Å². The molecule has 0 aromatic rings. The zero-order chi connectivity index (χ0) is 19.9. The van der Waals surface area contributed by atoms with Crippen molar-refractivity contribution in [1.82, 2.24) is 0 Å².